The van der Waals surface area contributed by atoms with Gasteiger partial charge in [0, 0.05) is 0 Å². The van der Waals surface area contributed by atoms with E-state index in [4.69, 9.17) is 9.47 Å². The van der Waals surface area contributed by atoms with Gasteiger partial charge in [0.25, 0.3) is 0 Å². The summed E-state index contributed by atoms with van der Waals surface area (Å²) in [6, 6.07) is 0. The molecule has 0 aliphatic rings. The molecule has 0 bridgehead atoms. The zero-order valence-electron chi connectivity index (χ0n) is 13.2. The summed E-state index contributed by atoms with van der Waals surface area (Å²) in [5, 5.41) is 0. The molecule has 0 heterocycles. The molecule has 0 amide bonds. The van der Waals surface area contributed by atoms with Crippen LogP contribution in [0.25, 0.3) is 0 Å². The highest BCUT2D eigenvalue weighted by atomic mass is 16.5. The van der Waals surface area contributed by atoms with Gasteiger partial charge in [-0.05, 0) is 40.0 Å². The summed E-state index contributed by atoms with van der Waals surface area (Å²) in [5.41, 5.74) is -1.34. The molecule has 0 spiro atoms. The van der Waals surface area contributed by atoms with Crippen LogP contribution in [-0.2, 0) is 19.1 Å². The van der Waals surface area contributed by atoms with Crippen LogP contribution in [0.5, 0.6) is 0 Å². The highest BCUT2D eigenvalue weighted by molar-refractivity contribution is 5.80. The first-order valence-electron chi connectivity index (χ1n) is 6.99. The Bertz CT molecular complexity index is 309. The minimum atomic E-state index is -0.691. The third-order valence-electron chi connectivity index (χ3n) is 3.57. The molecule has 0 aliphatic carbocycles. The fraction of sp³-hybridized carbons (Fsp3) is 0.867. The Balaban J connectivity index is 4.77. The van der Waals surface area contributed by atoms with E-state index >= 15 is 0 Å². The second-order valence-electron chi connectivity index (χ2n) is 5.96. The van der Waals surface area contributed by atoms with E-state index in [1.807, 2.05) is 20.8 Å². The Kier molecular flexibility index (Phi) is 7.09. The van der Waals surface area contributed by atoms with Gasteiger partial charge in [-0.2, -0.15) is 0 Å². The van der Waals surface area contributed by atoms with Gasteiger partial charge in [-0.1, -0.05) is 20.3 Å². The van der Waals surface area contributed by atoms with Crippen molar-refractivity contribution in [3.63, 3.8) is 0 Å². The van der Waals surface area contributed by atoms with E-state index in [9.17, 15) is 9.59 Å². The zero-order valence-corrected chi connectivity index (χ0v) is 13.2. The molecule has 19 heavy (non-hydrogen) atoms. The number of carbonyl (C=O) groups excluding carboxylic acids is 2. The molecule has 0 aromatic carbocycles. The lowest BCUT2D eigenvalue weighted by atomic mass is 9.72. The van der Waals surface area contributed by atoms with E-state index in [0.717, 1.165) is 12.8 Å². The molecule has 0 fully saturated rings. The van der Waals surface area contributed by atoms with Crippen molar-refractivity contribution in [3.05, 3.63) is 0 Å². The van der Waals surface area contributed by atoms with Crippen LogP contribution in [0.1, 0.15) is 60.3 Å². The molecule has 1 atom stereocenters. The standard InChI is InChI=1S/C15H28O4/c1-7-9-10-19-13(17)15(5,8-2)11-14(3,4)12(16)18-6/h7-11H2,1-6H3. The van der Waals surface area contributed by atoms with E-state index in [1.165, 1.54) is 7.11 Å². The smallest absolute Gasteiger partial charge is 0.311 e. The summed E-state index contributed by atoms with van der Waals surface area (Å²) < 4.78 is 10.1. The van der Waals surface area contributed by atoms with Gasteiger partial charge in [-0.3, -0.25) is 9.59 Å². The van der Waals surface area contributed by atoms with Crippen molar-refractivity contribution in [2.24, 2.45) is 10.8 Å². The van der Waals surface area contributed by atoms with Crippen molar-refractivity contribution >= 4 is 11.9 Å². The molecule has 4 heteroatoms. The number of rotatable bonds is 8. The Hall–Kier alpha value is -1.06. The van der Waals surface area contributed by atoms with Crippen LogP contribution in [0.4, 0.5) is 0 Å². The number of esters is 2. The molecule has 0 N–H and O–H groups in total. The fourth-order valence-corrected chi connectivity index (χ4v) is 2.15. The lowest BCUT2D eigenvalue weighted by molar-refractivity contribution is -0.161. The van der Waals surface area contributed by atoms with Crippen LogP contribution in [0.15, 0.2) is 0 Å². The number of ether oxygens (including phenoxy) is 2. The molecule has 112 valence electrons. The molecular formula is C15H28O4. The van der Waals surface area contributed by atoms with Crippen LogP contribution in [0, 0.1) is 10.8 Å². The van der Waals surface area contributed by atoms with Gasteiger partial charge < -0.3 is 9.47 Å². The maximum Gasteiger partial charge on any atom is 0.311 e. The minimum Gasteiger partial charge on any atom is -0.469 e. The molecule has 0 aromatic heterocycles. The van der Waals surface area contributed by atoms with Crippen LogP contribution in [0.3, 0.4) is 0 Å². The normalized spacial score (nSPS) is 14.6. The molecule has 4 nitrogen and oxygen atoms in total. The van der Waals surface area contributed by atoms with Crippen molar-refractivity contribution < 1.29 is 19.1 Å². The van der Waals surface area contributed by atoms with E-state index in [2.05, 4.69) is 0 Å². The van der Waals surface area contributed by atoms with Gasteiger partial charge in [0.15, 0.2) is 0 Å². The Morgan fingerprint density at radius 1 is 1.05 bits per heavy atom. The number of unbranched alkanes of at least 4 members (excludes halogenated alkanes) is 1. The van der Waals surface area contributed by atoms with E-state index in [-0.39, 0.29) is 11.9 Å². The average molecular weight is 272 g/mol. The lowest BCUT2D eigenvalue weighted by Gasteiger charge is -2.33. The maximum atomic E-state index is 12.2. The lowest BCUT2D eigenvalue weighted by Crippen LogP contribution is -2.38. The van der Waals surface area contributed by atoms with E-state index in [0.29, 0.717) is 19.4 Å². The quantitative estimate of drug-likeness (QED) is 0.502. The predicted molar refractivity (Wildman–Crippen MR) is 74.7 cm³/mol. The highest BCUT2D eigenvalue weighted by Gasteiger charge is 2.42. The van der Waals surface area contributed by atoms with Gasteiger partial charge in [-0.15, -0.1) is 0 Å². The average Bonchev–Trinajstić information content (AvgIpc) is 2.37. The molecule has 0 saturated carbocycles. The second kappa shape index (κ2) is 7.51. The predicted octanol–water partition coefficient (Wildman–Crippen LogP) is 3.34. The maximum absolute atomic E-state index is 12.2. The third-order valence-corrected chi connectivity index (χ3v) is 3.57. The van der Waals surface area contributed by atoms with Crippen molar-refractivity contribution in [2.75, 3.05) is 13.7 Å². The summed E-state index contributed by atoms with van der Waals surface area (Å²) in [5.74, 6) is -0.519. The van der Waals surface area contributed by atoms with Crippen LogP contribution < -0.4 is 0 Å². The second-order valence-corrected chi connectivity index (χ2v) is 5.96. The number of hydrogen-bond donors (Lipinski definition) is 0. The summed E-state index contributed by atoms with van der Waals surface area (Å²) in [7, 11) is 1.37. The molecule has 0 aliphatic heterocycles. The Morgan fingerprint density at radius 2 is 1.63 bits per heavy atom. The first kappa shape index (κ1) is 17.9. The van der Waals surface area contributed by atoms with Crippen LogP contribution in [0.2, 0.25) is 0 Å². The Morgan fingerprint density at radius 3 is 2.05 bits per heavy atom. The first-order chi connectivity index (χ1) is 8.73. The fourth-order valence-electron chi connectivity index (χ4n) is 2.15. The number of methoxy groups -OCH3 is 1. The van der Waals surface area contributed by atoms with Crippen molar-refractivity contribution in [1.82, 2.24) is 0 Å². The van der Waals surface area contributed by atoms with Crippen molar-refractivity contribution in [3.8, 4) is 0 Å². The SMILES string of the molecule is CCCCOC(=O)C(C)(CC)CC(C)(C)C(=O)OC. The van der Waals surface area contributed by atoms with Crippen LogP contribution >= 0.6 is 0 Å². The minimum absolute atomic E-state index is 0.222. The molecule has 1 unspecified atom stereocenters. The van der Waals surface area contributed by atoms with Gasteiger partial charge in [0.05, 0.1) is 24.5 Å². The molecule has 0 saturated heterocycles. The molecular weight excluding hydrogens is 244 g/mol. The van der Waals surface area contributed by atoms with Gasteiger partial charge >= 0.3 is 11.9 Å². The monoisotopic (exact) mass is 272 g/mol. The first-order valence-corrected chi connectivity index (χ1v) is 6.99. The van der Waals surface area contributed by atoms with Gasteiger partial charge in [0.2, 0.25) is 0 Å². The summed E-state index contributed by atoms with van der Waals surface area (Å²) >= 11 is 0. The summed E-state index contributed by atoms with van der Waals surface area (Å²) in [4.78, 5) is 23.9. The molecule has 0 aromatic rings. The van der Waals surface area contributed by atoms with Crippen LogP contribution in [-0.4, -0.2) is 25.7 Å². The number of carbonyl (C=O) groups is 2. The van der Waals surface area contributed by atoms with Gasteiger partial charge in [-0.25, -0.2) is 0 Å². The number of hydrogen-bond acceptors (Lipinski definition) is 4. The van der Waals surface area contributed by atoms with E-state index in [1.54, 1.807) is 13.8 Å². The third kappa shape index (κ3) is 5.21. The largest absolute Gasteiger partial charge is 0.469 e. The Labute approximate surface area is 116 Å². The highest BCUT2D eigenvalue weighted by Crippen LogP contribution is 2.38. The molecule has 0 radical (unpaired) electrons. The topological polar surface area (TPSA) is 52.6 Å². The summed E-state index contributed by atoms with van der Waals surface area (Å²) in [6.45, 7) is 9.88. The van der Waals surface area contributed by atoms with Crippen molar-refractivity contribution in [2.45, 2.75) is 60.3 Å². The zero-order chi connectivity index (χ0) is 15.1. The molecule has 0 rings (SSSR count). The van der Waals surface area contributed by atoms with Crippen molar-refractivity contribution in [1.29, 1.82) is 0 Å². The van der Waals surface area contributed by atoms with E-state index < -0.39 is 10.8 Å². The van der Waals surface area contributed by atoms with Gasteiger partial charge in [0.1, 0.15) is 0 Å². The summed E-state index contributed by atoms with van der Waals surface area (Å²) in [6.07, 6.45) is 2.92.